The number of nitriles is 1. The number of amides is 1. The van der Waals surface area contributed by atoms with Crippen LogP contribution >= 0.6 is 11.3 Å². The van der Waals surface area contributed by atoms with Crippen LogP contribution in [-0.4, -0.2) is 28.1 Å². The van der Waals surface area contributed by atoms with Gasteiger partial charge in [0.15, 0.2) is 5.82 Å². The summed E-state index contributed by atoms with van der Waals surface area (Å²) in [5, 5.41) is 20.8. The number of pyridine rings is 1. The molecule has 0 aliphatic heterocycles. The summed E-state index contributed by atoms with van der Waals surface area (Å²) < 4.78 is 39.2. The van der Waals surface area contributed by atoms with Crippen molar-refractivity contribution in [3.63, 3.8) is 0 Å². The predicted octanol–water partition coefficient (Wildman–Crippen LogP) is 2.56. The van der Waals surface area contributed by atoms with E-state index in [1.165, 1.54) is 6.07 Å². The van der Waals surface area contributed by atoms with Crippen molar-refractivity contribution >= 4 is 22.9 Å². The molecule has 0 bridgehead atoms. The van der Waals surface area contributed by atoms with Gasteiger partial charge in [0.25, 0.3) is 17.9 Å². The molecule has 2 aromatic heterocycles. The summed E-state index contributed by atoms with van der Waals surface area (Å²) in [6.07, 6.45) is -1.18. The molecule has 0 unspecified atom stereocenters. The third-order valence-electron chi connectivity index (χ3n) is 4.22. The summed E-state index contributed by atoms with van der Waals surface area (Å²) in [5.74, 6) is 3.83. The SMILES string of the molecule is N#Cc1sc(C(=O)Nc2cc(F)c(=O)n(CC(F)F)c2)cc1C#C[C@H]1C[C@@H](O)C1. The quantitative estimate of drug-likeness (QED) is 0.742. The largest absolute Gasteiger partial charge is 0.393 e. The lowest BCUT2D eigenvalue weighted by Crippen LogP contribution is -2.26. The van der Waals surface area contributed by atoms with Crippen LogP contribution in [0.5, 0.6) is 0 Å². The Labute approximate surface area is 167 Å². The number of aromatic nitrogens is 1. The third kappa shape index (κ3) is 4.86. The summed E-state index contributed by atoms with van der Waals surface area (Å²) in [6.45, 7) is -1.01. The van der Waals surface area contributed by atoms with Crippen molar-refractivity contribution in [2.75, 3.05) is 5.32 Å². The number of rotatable bonds is 4. The van der Waals surface area contributed by atoms with E-state index in [1.807, 2.05) is 6.07 Å². The van der Waals surface area contributed by atoms with Crippen LogP contribution in [0.15, 0.2) is 23.1 Å². The molecule has 29 heavy (non-hydrogen) atoms. The van der Waals surface area contributed by atoms with Crippen molar-refractivity contribution in [3.05, 3.63) is 49.8 Å². The maximum Gasteiger partial charge on any atom is 0.286 e. The highest BCUT2D eigenvalue weighted by Gasteiger charge is 2.25. The zero-order valence-electron chi connectivity index (χ0n) is 14.8. The molecular formula is C19H14F3N3O3S. The second-order valence-electron chi connectivity index (χ2n) is 6.44. The summed E-state index contributed by atoms with van der Waals surface area (Å²) in [4.78, 5) is 24.3. The smallest absolute Gasteiger partial charge is 0.286 e. The van der Waals surface area contributed by atoms with Gasteiger partial charge in [-0.1, -0.05) is 11.8 Å². The number of halogens is 3. The fraction of sp³-hybridized carbons (Fsp3) is 0.316. The molecule has 10 heteroatoms. The number of aliphatic hydroxyl groups excluding tert-OH is 1. The van der Waals surface area contributed by atoms with Crippen LogP contribution < -0.4 is 10.9 Å². The minimum atomic E-state index is -2.87. The second-order valence-corrected chi connectivity index (χ2v) is 7.49. The van der Waals surface area contributed by atoms with Gasteiger partial charge in [0.1, 0.15) is 10.9 Å². The number of aliphatic hydroxyl groups is 1. The molecule has 1 amide bonds. The molecule has 2 heterocycles. The molecule has 0 atom stereocenters. The lowest BCUT2D eigenvalue weighted by molar-refractivity contribution is 0.0665. The molecule has 2 aromatic rings. The third-order valence-corrected chi connectivity index (χ3v) is 5.25. The van der Waals surface area contributed by atoms with E-state index in [1.54, 1.807) is 0 Å². The van der Waals surface area contributed by atoms with Gasteiger partial charge in [0.2, 0.25) is 0 Å². The van der Waals surface area contributed by atoms with Crippen molar-refractivity contribution in [2.45, 2.75) is 31.9 Å². The van der Waals surface area contributed by atoms with Crippen LogP contribution in [0, 0.1) is 34.9 Å². The fourth-order valence-electron chi connectivity index (χ4n) is 2.71. The Balaban J connectivity index is 1.80. The molecule has 150 valence electrons. The van der Waals surface area contributed by atoms with Crippen LogP contribution in [0.1, 0.15) is 33.0 Å². The van der Waals surface area contributed by atoms with Crippen LogP contribution in [0.3, 0.4) is 0 Å². The first-order chi connectivity index (χ1) is 13.8. The van der Waals surface area contributed by atoms with Gasteiger partial charge in [-0.15, -0.1) is 11.3 Å². The molecule has 3 rings (SSSR count). The fourth-order valence-corrected chi connectivity index (χ4v) is 3.51. The first-order valence-corrected chi connectivity index (χ1v) is 9.31. The highest BCUT2D eigenvalue weighted by Crippen LogP contribution is 2.27. The first kappa shape index (κ1) is 20.6. The Hall–Kier alpha value is -3.08. The van der Waals surface area contributed by atoms with E-state index in [9.17, 15) is 33.1 Å². The lowest BCUT2D eigenvalue weighted by Gasteiger charge is -2.26. The maximum absolute atomic E-state index is 13.7. The number of nitrogens with zero attached hydrogens (tertiary/aromatic N) is 2. The van der Waals surface area contributed by atoms with E-state index >= 15 is 0 Å². The number of carbonyl (C=O) groups excluding carboxylic acids is 1. The molecule has 1 aliphatic rings. The normalized spacial score (nSPS) is 17.8. The van der Waals surface area contributed by atoms with Crippen molar-refractivity contribution in [1.82, 2.24) is 4.57 Å². The molecule has 1 aliphatic carbocycles. The summed E-state index contributed by atoms with van der Waals surface area (Å²) >= 11 is 0.880. The Morgan fingerprint density at radius 1 is 1.41 bits per heavy atom. The topological polar surface area (TPSA) is 95.1 Å². The number of carbonyl (C=O) groups is 1. The number of alkyl halides is 2. The van der Waals surface area contributed by atoms with Crippen molar-refractivity contribution in [1.29, 1.82) is 5.26 Å². The van der Waals surface area contributed by atoms with E-state index in [0.29, 0.717) is 23.0 Å². The Bertz CT molecular complexity index is 1100. The minimum Gasteiger partial charge on any atom is -0.393 e. The Morgan fingerprint density at radius 3 is 2.76 bits per heavy atom. The number of hydrogen-bond acceptors (Lipinski definition) is 5. The zero-order valence-corrected chi connectivity index (χ0v) is 15.6. The number of hydrogen-bond donors (Lipinski definition) is 2. The number of anilines is 1. The average molecular weight is 421 g/mol. The van der Waals surface area contributed by atoms with Gasteiger partial charge in [-0.25, -0.2) is 13.2 Å². The van der Waals surface area contributed by atoms with Crippen molar-refractivity contribution in [2.24, 2.45) is 5.92 Å². The molecular weight excluding hydrogens is 407 g/mol. The molecule has 0 aromatic carbocycles. The van der Waals surface area contributed by atoms with E-state index in [0.717, 1.165) is 23.6 Å². The summed E-state index contributed by atoms with van der Waals surface area (Å²) in [6, 6.07) is 4.10. The van der Waals surface area contributed by atoms with Gasteiger partial charge in [0, 0.05) is 18.2 Å². The summed E-state index contributed by atoms with van der Waals surface area (Å²) in [7, 11) is 0. The monoisotopic (exact) mass is 421 g/mol. The molecule has 1 saturated carbocycles. The molecule has 0 radical (unpaired) electrons. The van der Waals surface area contributed by atoms with Gasteiger partial charge in [-0.2, -0.15) is 5.26 Å². The van der Waals surface area contributed by atoms with Gasteiger partial charge >= 0.3 is 0 Å². The van der Waals surface area contributed by atoms with E-state index < -0.39 is 30.3 Å². The molecule has 2 N–H and O–H groups in total. The highest BCUT2D eigenvalue weighted by atomic mass is 32.1. The molecule has 1 fully saturated rings. The molecule has 0 saturated heterocycles. The van der Waals surface area contributed by atoms with Crippen molar-refractivity contribution < 1.29 is 23.1 Å². The number of nitrogens with one attached hydrogen (secondary N) is 1. The predicted molar refractivity (Wildman–Crippen MR) is 99.3 cm³/mol. The number of thiophene rings is 1. The summed E-state index contributed by atoms with van der Waals surface area (Å²) in [5.41, 5.74) is -1.03. The van der Waals surface area contributed by atoms with Crippen LogP contribution in [0.2, 0.25) is 0 Å². The van der Waals surface area contributed by atoms with E-state index in [4.69, 9.17) is 0 Å². The van der Waals surface area contributed by atoms with Crippen LogP contribution in [0.4, 0.5) is 18.9 Å². The van der Waals surface area contributed by atoms with E-state index in [-0.39, 0.29) is 27.5 Å². The Kier molecular flexibility index (Phi) is 6.06. The van der Waals surface area contributed by atoms with Gasteiger partial charge in [-0.05, 0) is 18.9 Å². The van der Waals surface area contributed by atoms with Crippen molar-refractivity contribution in [3.8, 4) is 17.9 Å². The second kappa shape index (κ2) is 8.52. The average Bonchev–Trinajstić information content (AvgIpc) is 3.05. The standard InChI is InChI=1S/C19H14F3N3O3S/c20-14-6-12(8-25(19(14)28)9-17(21)22)24-18(27)15-5-11(16(7-23)29-15)2-1-10-3-13(26)4-10/h5-6,8,10,13,17,26H,3-4,9H2,(H,24,27)/t10-,13+. The molecule has 6 nitrogen and oxygen atoms in total. The van der Waals surface area contributed by atoms with E-state index in [2.05, 4.69) is 17.2 Å². The van der Waals surface area contributed by atoms with Crippen LogP contribution in [-0.2, 0) is 6.54 Å². The first-order valence-electron chi connectivity index (χ1n) is 8.50. The highest BCUT2D eigenvalue weighted by molar-refractivity contribution is 7.14. The van der Waals surface area contributed by atoms with Gasteiger partial charge in [-0.3, -0.25) is 9.59 Å². The van der Waals surface area contributed by atoms with Gasteiger partial charge in [0.05, 0.1) is 28.8 Å². The zero-order chi connectivity index (χ0) is 21.1. The molecule has 0 spiro atoms. The lowest BCUT2D eigenvalue weighted by atomic mass is 9.83. The maximum atomic E-state index is 13.7. The van der Waals surface area contributed by atoms with Crippen LogP contribution in [0.25, 0.3) is 0 Å². The van der Waals surface area contributed by atoms with Gasteiger partial charge < -0.3 is 15.0 Å². The minimum absolute atomic E-state index is 0.0348. The Morgan fingerprint density at radius 2 is 2.14 bits per heavy atom.